The minimum Gasteiger partial charge on any atom is -0.271 e. The first kappa shape index (κ1) is 15.3. The van der Waals surface area contributed by atoms with Crippen molar-refractivity contribution in [1.82, 2.24) is 10.4 Å². The first-order chi connectivity index (χ1) is 9.43. The number of rotatable bonds is 3. The number of pyridine rings is 1. The van der Waals surface area contributed by atoms with Gasteiger partial charge in [-0.2, -0.15) is 13.2 Å². The van der Waals surface area contributed by atoms with Crippen LogP contribution in [0.15, 0.2) is 18.5 Å². The summed E-state index contributed by atoms with van der Waals surface area (Å²) >= 11 is 0. The summed E-state index contributed by atoms with van der Waals surface area (Å²) in [5.41, 5.74) is 4.58. The van der Waals surface area contributed by atoms with Gasteiger partial charge < -0.3 is 0 Å². The van der Waals surface area contributed by atoms with E-state index < -0.39 is 12.1 Å². The van der Waals surface area contributed by atoms with Crippen LogP contribution in [-0.4, -0.2) is 11.2 Å². The molecule has 112 valence electrons. The second-order valence-electron chi connectivity index (χ2n) is 5.54. The molecule has 3 atom stereocenters. The zero-order valence-corrected chi connectivity index (χ0v) is 11.5. The summed E-state index contributed by atoms with van der Waals surface area (Å²) in [6, 6.07) is 1.58. The van der Waals surface area contributed by atoms with E-state index in [2.05, 4.69) is 10.4 Å². The molecule has 1 aliphatic carbocycles. The van der Waals surface area contributed by atoms with E-state index in [1.54, 1.807) is 12.4 Å². The summed E-state index contributed by atoms with van der Waals surface area (Å²) in [4.78, 5) is 4.06. The van der Waals surface area contributed by atoms with E-state index in [0.717, 1.165) is 17.5 Å². The van der Waals surface area contributed by atoms with E-state index in [0.29, 0.717) is 6.42 Å². The third-order valence-electron chi connectivity index (χ3n) is 4.24. The van der Waals surface area contributed by atoms with Crippen molar-refractivity contribution in [1.29, 1.82) is 0 Å². The zero-order valence-electron chi connectivity index (χ0n) is 11.5. The average molecular weight is 287 g/mol. The Kier molecular flexibility index (Phi) is 4.65. The molecule has 6 heteroatoms. The Bertz CT molecular complexity index is 448. The molecule has 3 N–H and O–H groups in total. The van der Waals surface area contributed by atoms with E-state index in [1.807, 2.05) is 13.0 Å². The molecule has 0 aliphatic heterocycles. The fourth-order valence-corrected chi connectivity index (χ4v) is 3.11. The summed E-state index contributed by atoms with van der Waals surface area (Å²) < 4.78 is 38.7. The van der Waals surface area contributed by atoms with Gasteiger partial charge in [-0.1, -0.05) is 6.42 Å². The molecule has 0 amide bonds. The predicted octanol–water partition coefficient (Wildman–Crippen LogP) is 3.26. The van der Waals surface area contributed by atoms with Crippen molar-refractivity contribution in [2.24, 2.45) is 17.7 Å². The van der Waals surface area contributed by atoms with Gasteiger partial charge in [0.15, 0.2) is 0 Å². The van der Waals surface area contributed by atoms with Crippen LogP contribution in [0.5, 0.6) is 0 Å². The fourth-order valence-electron chi connectivity index (χ4n) is 3.11. The highest BCUT2D eigenvalue weighted by Crippen LogP contribution is 2.43. The maximum atomic E-state index is 12.9. The van der Waals surface area contributed by atoms with Crippen molar-refractivity contribution >= 4 is 0 Å². The topological polar surface area (TPSA) is 50.9 Å². The van der Waals surface area contributed by atoms with Gasteiger partial charge in [-0.05, 0) is 49.3 Å². The first-order valence-corrected chi connectivity index (χ1v) is 6.87. The van der Waals surface area contributed by atoms with Crippen LogP contribution in [0.25, 0.3) is 0 Å². The number of alkyl halides is 3. The molecule has 1 aliphatic rings. The molecular weight excluding hydrogens is 267 g/mol. The van der Waals surface area contributed by atoms with Crippen LogP contribution in [0.4, 0.5) is 13.2 Å². The van der Waals surface area contributed by atoms with Crippen molar-refractivity contribution in [3.05, 3.63) is 29.6 Å². The van der Waals surface area contributed by atoms with E-state index in [-0.39, 0.29) is 24.8 Å². The first-order valence-electron chi connectivity index (χ1n) is 6.87. The second-order valence-corrected chi connectivity index (χ2v) is 5.54. The average Bonchev–Trinajstić information content (AvgIpc) is 2.41. The lowest BCUT2D eigenvalue weighted by Gasteiger charge is -2.35. The van der Waals surface area contributed by atoms with Crippen LogP contribution >= 0.6 is 0 Å². The number of halogens is 3. The Morgan fingerprint density at radius 3 is 2.75 bits per heavy atom. The molecule has 0 radical (unpaired) electrons. The molecule has 3 nitrogen and oxygen atoms in total. The van der Waals surface area contributed by atoms with Crippen LogP contribution in [-0.2, 0) is 0 Å². The molecule has 0 bridgehead atoms. The third kappa shape index (κ3) is 3.30. The SMILES string of the molecule is Cc1ccncc1C(NN)C1CCCC(C(F)(F)F)C1. The zero-order chi connectivity index (χ0) is 14.8. The molecule has 0 aromatic carbocycles. The maximum Gasteiger partial charge on any atom is 0.391 e. The Hall–Kier alpha value is -1.14. The normalized spacial score (nSPS) is 25.4. The Labute approximate surface area is 116 Å². The standard InChI is InChI=1S/C14H20F3N3/c1-9-5-6-19-8-12(9)13(20-18)10-3-2-4-11(7-10)14(15,16)17/h5-6,8,10-11,13,20H,2-4,7,18H2,1H3. The molecule has 1 saturated carbocycles. The van der Waals surface area contributed by atoms with Crippen LogP contribution in [0, 0.1) is 18.8 Å². The molecule has 2 rings (SSSR count). The minimum atomic E-state index is -4.11. The number of aromatic nitrogens is 1. The number of nitrogens with one attached hydrogen (secondary N) is 1. The van der Waals surface area contributed by atoms with Gasteiger partial charge >= 0.3 is 6.18 Å². The highest BCUT2D eigenvalue weighted by atomic mass is 19.4. The molecule has 1 heterocycles. The fraction of sp³-hybridized carbons (Fsp3) is 0.643. The van der Waals surface area contributed by atoms with Crippen molar-refractivity contribution < 1.29 is 13.2 Å². The van der Waals surface area contributed by atoms with Gasteiger partial charge in [0.2, 0.25) is 0 Å². The molecule has 20 heavy (non-hydrogen) atoms. The van der Waals surface area contributed by atoms with Gasteiger partial charge in [-0.3, -0.25) is 16.3 Å². The lowest BCUT2D eigenvalue weighted by Crippen LogP contribution is -2.38. The summed E-state index contributed by atoms with van der Waals surface area (Å²) in [5, 5.41) is 0. The monoisotopic (exact) mass is 287 g/mol. The lowest BCUT2D eigenvalue weighted by molar-refractivity contribution is -0.186. The highest BCUT2D eigenvalue weighted by molar-refractivity contribution is 5.25. The third-order valence-corrected chi connectivity index (χ3v) is 4.24. The Morgan fingerprint density at radius 2 is 2.15 bits per heavy atom. The number of hydrazine groups is 1. The number of aryl methyl sites for hydroxylation is 1. The van der Waals surface area contributed by atoms with Crippen molar-refractivity contribution in [2.75, 3.05) is 0 Å². The maximum absolute atomic E-state index is 12.9. The summed E-state index contributed by atoms with van der Waals surface area (Å²) in [5.74, 6) is 4.28. The summed E-state index contributed by atoms with van der Waals surface area (Å²) in [6.45, 7) is 1.92. The molecule has 1 aromatic heterocycles. The van der Waals surface area contributed by atoms with Gasteiger partial charge in [0.25, 0.3) is 0 Å². The van der Waals surface area contributed by atoms with E-state index in [1.165, 1.54) is 0 Å². The predicted molar refractivity (Wildman–Crippen MR) is 70.5 cm³/mol. The quantitative estimate of drug-likeness (QED) is 0.662. The van der Waals surface area contributed by atoms with E-state index in [9.17, 15) is 13.2 Å². The summed E-state index contributed by atoms with van der Waals surface area (Å²) in [7, 11) is 0. The van der Waals surface area contributed by atoms with Crippen molar-refractivity contribution in [3.63, 3.8) is 0 Å². The number of nitrogens with two attached hydrogens (primary N) is 1. The minimum absolute atomic E-state index is 0.108. The number of nitrogens with zero attached hydrogens (tertiary/aromatic N) is 1. The smallest absolute Gasteiger partial charge is 0.271 e. The van der Waals surface area contributed by atoms with Crippen molar-refractivity contribution in [3.8, 4) is 0 Å². The lowest BCUT2D eigenvalue weighted by atomic mass is 9.75. The van der Waals surface area contributed by atoms with Crippen LogP contribution < -0.4 is 11.3 Å². The number of hydrogen-bond donors (Lipinski definition) is 2. The van der Waals surface area contributed by atoms with Gasteiger partial charge in [0.05, 0.1) is 12.0 Å². The molecule has 0 spiro atoms. The van der Waals surface area contributed by atoms with E-state index in [4.69, 9.17) is 5.84 Å². The molecule has 1 fully saturated rings. The Balaban J connectivity index is 2.18. The summed E-state index contributed by atoms with van der Waals surface area (Å²) in [6.07, 6.45) is 0.961. The van der Waals surface area contributed by atoms with Crippen LogP contribution in [0.2, 0.25) is 0 Å². The molecule has 1 aromatic rings. The van der Waals surface area contributed by atoms with Gasteiger partial charge in [0.1, 0.15) is 0 Å². The second kappa shape index (κ2) is 6.10. The van der Waals surface area contributed by atoms with Gasteiger partial charge in [-0.25, -0.2) is 0 Å². The molecule has 0 saturated heterocycles. The number of hydrogen-bond acceptors (Lipinski definition) is 3. The van der Waals surface area contributed by atoms with Gasteiger partial charge in [0, 0.05) is 12.4 Å². The Morgan fingerprint density at radius 1 is 1.40 bits per heavy atom. The van der Waals surface area contributed by atoms with Gasteiger partial charge in [-0.15, -0.1) is 0 Å². The molecular formula is C14H20F3N3. The van der Waals surface area contributed by atoms with Crippen LogP contribution in [0.3, 0.4) is 0 Å². The largest absolute Gasteiger partial charge is 0.391 e. The van der Waals surface area contributed by atoms with E-state index >= 15 is 0 Å². The highest BCUT2D eigenvalue weighted by Gasteiger charge is 2.43. The van der Waals surface area contributed by atoms with Crippen molar-refractivity contribution in [2.45, 2.75) is 44.8 Å². The molecule has 3 unspecified atom stereocenters. The van der Waals surface area contributed by atoms with Crippen LogP contribution in [0.1, 0.15) is 42.9 Å².